The number of hydrogen-bond donors (Lipinski definition) is 0. The average molecular weight is 590 g/mol. The van der Waals surface area contributed by atoms with Crippen LogP contribution in [0.2, 0.25) is 0 Å². The molecule has 0 aliphatic heterocycles. The Balaban J connectivity index is 1.37. The van der Waals surface area contributed by atoms with Crippen LogP contribution < -0.4 is 20.4 Å². The predicted octanol–water partition coefficient (Wildman–Crippen LogP) is 5.46. The molecule has 6 aromatic rings. The number of hydrogen-bond acceptors (Lipinski definition) is 7. The van der Waals surface area contributed by atoms with Gasteiger partial charge in [-0.15, -0.1) is 0 Å². The first-order valence-corrected chi connectivity index (χ1v) is 15.3. The Kier molecular flexibility index (Phi) is 8.51. The van der Waals surface area contributed by atoms with E-state index in [-0.39, 0.29) is 16.2 Å². The number of rotatable bonds is 11. The van der Waals surface area contributed by atoms with E-state index in [0.29, 0.717) is 17.6 Å². The molecule has 9 heteroatoms. The predicted molar refractivity (Wildman–Crippen MR) is 170 cm³/mol. The van der Waals surface area contributed by atoms with Gasteiger partial charge < -0.3 is 4.74 Å². The minimum Gasteiger partial charge on any atom is -0.494 e. The van der Waals surface area contributed by atoms with E-state index in [2.05, 4.69) is 17.0 Å². The van der Waals surface area contributed by atoms with Crippen molar-refractivity contribution in [1.29, 1.82) is 0 Å². The van der Waals surface area contributed by atoms with E-state index in [1.54, 1.807) is 10.8 Å². The number of ether oxygens (including phenoxy) is 1. The molecule has 3 heterocycles. The van der Waals surface area contributed by atoms with Crippen LogP contribution in [0, 0.1) is 0 Å². The highest BCUT2D eigenvalue weighted by Gasteiger charge is 2.15. The second kappa shape index (κ2) is 13.0. The first-order chi connectivity index (χ1) is 21.1. The zero-order chi connectivity index (χ0) is 29.6. The molecular weight excluding hydrogens is 558 g/mol. The third kappa shape index (κ3) is 6.47. The molecule has 0 atom stereocenters. The first-order valence-electron chi connectivity index (χ1n) is 14.5. The maximum atomic E-state index is 13.5. The van der Waals surface area contributed by atoms with Gasteiger partial charge in [0.15, 0.2) is 0 Å². The van der Waals surface area contributed by atoms with Gasteiger partial charge in [-0.25, -0.2) is 4.68 Å². The number of thiazole rings is 1. The Labute approximate surface area is 252 Å². The van der Waals surface area contributed by atoms with Crippen LogP contribution in [0.4, 0.5) is 0 Å². The fourth-order valence-electron chi connectivity index (χ4n) is 4.84. The number of fused-ring (bicyclic) bond motifs is 1. The van der Waals surface area contributed by atoms with Gasteiger partial charge in [0.05, 0.1) is 16.8 Å². The molecule has 0 bridgehead atoms. The Morgan fingerprint density at radius 3 is 2.35 bits per heavy atom. The van der Waals surface area contributed by atoms with Crippen molar-refractivity contribution in [2.75, 3.05) is 6.61 Å². The quantitative estimate of drug-likeness (QED) is 0.186. The summed E-state index contributed by atoms with van der Waals surface area (Å²) in [5, 5.41) is 9.29. The fourth-order valence-corrected chi connectivity index (χ4v) is 5.74. The van der Waals surface area contributed by atoms with Gasteiger partial charge in [0.1, 0.15) is 17.1 Å². The van der Waals surface area contributed by atoms with Gasteiger partial charge in [0.2, 0.25) is 4.96 Å². The summed E-state index contributed by atoms with van der Waals surface area (Å²) in [4.78, 5) is 30.7. The third-order valence-electron chi connectivity index (χ3n) is 7.11. The molecule has 0 unspecified atom stereocenters. The van der Waals surface area contributed by atoms with Gasteiger partial charge in [-0.05, 0) is 54.5 Å². The first kappa shape index (κ1) is 28.2. The molecule has 0 aliphatic carbocycles. The molecule has 6 rings (SSSR count). The summed E-state index contributed by atoms with van der Waals surface area (Å²) in [5.41, 5.74) is 3.67. The van der Waals surface area contributed by atoms with E-state index in [0.717, 1.165) is 58.0 Å². The van der Waals surface area contributed by atoms with Crippen LogP contribution >= 0.6 is 11.3 Å². The van der Waals surface area contributed by atoms with Crippen molar-refractivity contribution in [1.82, 2.24) is 24.4 Å². The van der Waals surface area contributed by atoms with E-state index in [9.17, 15) is 9.59 Å². The standard InChI is InChI=1S/C34H31N5O3S/c1-2-3-4-11-20-42-28-18-16-25(17-19-28)31-26(23-38(37-31)27-14-9-6-10-15-27)22-30-33(41)39-34(43-30)35-32(40)29(36-39)21-24-12-7-5-8-13-24/h5-10,12-19,22-23H,2-4,11,20-21H2,1H3/b30-22-. The number of para-hydroxylation sites is 1. The molecule has 0 saturated heterocycles. The van der Waals surface area contributed by atoms with E-state index in [1.165, 1.54) is 17.4 Å². The molecule has 0 N–H and O–H groups in total. The molecule has 0 amide bonds. The van der Waals surface area contributed by atoms with E-state index in [1.807, 2.05) is 91.1 Å². The molecule has 0 spiro atoms. The summed E-state index contributed by atoms with van der Waals surface area (Å²) in [5.74, 6) is 0.813. The van der Waals surface area contributed by atoms with Crippen LogP contribution in [0.15, 0.2) is 101 Å². The van der Waals surface area contributed by atoms with Crippen molar-refractivity contribution in [3.8, 4) is 22.7 Å². The smallest absolute Gasteiger partial charge is 0.296 e. The maximum Gasteiger partial charge on any atom is 0.296 e. The Morgan fingerprint density at radius 1 is 0.860 bits per heavy atom. The number of benzene rings is 3. The van der Waals surface area contributed by atoms with E-state index < -0.39 is 5.56 Å². The highest BCUT2D eigenvalue weighted by Crippen LogP contribution is 2.26. The lowest BCUT2D eigenvalue weighted by atomic mass is 10.1. The SMILES string of the molecule is CCCCCCOc1ccc(-c2nn(-c3ccccc3)cc2/C=c2\sc3nc(=O)c(Cc4ccccc4)nn3c2=O)cc1. The van der Waals surface area contributed by atoms with Crippen molar-refractivity contribution in [3.05, 3.63) is 133 Å². The summed E-state index contributed by atoms with van der Waals surface area (Å²) >= 11 is 1.14. The molecular formula is C34H31N5O3S. The lowest BCUT2D eigenvalue weighted by Gasteiger charge is -2.07. The van der Waals surface area contributed by atoms with Crippen LogP contribution in [-0.2, 0) is 6.42 Å². The van der Waals surface area contributed by atoms with Crippen LogP contribution in [0.5, 0.6) is 5.75 Å². The minimum atomic E-state index is -0.429. The monoisotopic (exact) mass is 589 g/mol. The molecule has 216 valence electrons. The number of nitrogens with zero attached hydrogens (tertiary/aromatic N) is 5. The lowest BCUT2D eigenvalue weighted by Crippen LogP contribution is -2.28. The Morgan fingerprint density at radius 2 is 1.60 bits per heavy atom. The van der Waals surface area contributed by atoms with Crippen molar-refractivity contribution in [3.63, 3.8) is 0 Å². The highest BCUT2D eigenvalue weighted by molar-refractivity contribution is 7.15. The summed E-state index contributed by atoms with van der Waals surface area (Å²) in [6.45, 7) is 2.89. The van der Waals surface area contributed by atoms with Crippen LogP contribution in [-0.4, -0.2) is 31.0 Å². The summed E-state index contributed by atoms with van der Waals surface area (Å²) < 4.78 is 9.38. The largest absolute Gasteiger partial charge is 0.494 e. The van der Waals surface area contributed by atoms with Gasteiger partial charge in [-0.2, -0.15) is 19.7 Å². The maximum absolute atomic E-state index is 13.5. The van der Waals surface area contributed by atoms with Crippen molar-refractivity contribution in [2.45, 2.75) is 39.0 Å². The summed E-state index contributed by atoms with van der Waals surface area (Å²) in [7, 11) is 0. The molecule has 0 radical (unpaired) electrons. The van der Waals surface area contributed by atoms with Crippen LogP contribution in [0.1, 0.15) is 49.4 Å². The molecule has 3 aromatic carbocycles. The second-order valence-electron chi connectivity index (χ2n) is 10.3. The second-order valence-corrected chi connectivity index (χ2v) is 11.3. The van der Waals surface area contributed by atoms with Gasteiger partial charge in [0.25, 0.3) is 11.1 Å². The number of aromatic nitrogens is 5. The Hall–Kier alpha value is -4.89. The summed E-state index contributed by atoms with van der Waals surface area (Å²) in [6.07, 6.45) is 8.61. The normalized spacial score (nSPS) is 11.8. The van der Waals surface area contributed by atoms with Crippen LogP contribution in [0.25, 0.3) is 28.0 Å². The number of unbranched alkanes of at least 4 members (excludes halogenated alkanes) is 3. The minimum absolute atomic E-state index is 0.232. The van der Waals surface area contributed by atoms with Crippen molar-refractivity contribution < 1.29 is 4.74 Å². The zero-order valence-electron chi connectivity index (χ0n) is 23.8. The topological polar surface area (TPSA) is 91.4 Å². The van der Waals surface area contributed by atoms with Gasteiger partial charge in [0, 0.05) is 23.7 Å². The molecule has 0 aliphatic rings. The molecule has 0 saturated carbocycles. The third-order valence-corrected chi connectivity index (χ3v) is 8.07. The Bertz CT molecular complexity index is 2000. The lowest BCUT2D eigenvalue weighted by molar-refractivity contribution is 0.305. The fraction of sp³-hybridized carbons (Fsp3) is 0.206. The zero-order valence-corrected chi connectivity index (χ0v) is 24.7. The van der Waals surface area contributed by atoms with E-state index >= 15 is 0 Å². The molecule has 0 fully saturated rings. The van der Waals surface area contributed by atoms with Crippen LogP contribution in [0.3, 0.4) is 0 Å². The molecule has 43 heavy (non-hydrogen) atoms. The van der Waals surface area contributed by atoms with Gasteiger partial charge in [-0.3, -0.25) is 9.59 Å². The van der Waals surface area contributed by atoms with Crippen molar-refractivity contribution in [2.24, 2.45) is 0 Å². The highest BCUT2D eigenvalue weighted by atomic mass is 32.1. The van der Waals surface area contributed by atoms with Gasteiger partial charge in [-0.1, -0.05) is 86.1 Å². The van der Waals surface area contributed by atoms with Gasteiger partial charge >= 0.3 is 0 Å². The molecule has 3 aromatic heterocycles. The average Bonchev–Trinajstić information content (AvgIpc) is 3.59. The molecule has 8 nitrogen and oxygen atoms in total. The van der Waals surface area contributed by atoms with E-state index in [4.69, 9.17) is 9.84 Å². The summed E-state index contributed by atoms with van der Waals surface area (Å²) in [6, 6.07) is 27.2. The van der Waals surface area contributed by atoms with Crippen molar-refractivity contribution >= 4 is 22.4 Å².